The van der Waals surface area contributed by atoms with Crippen LogP contribution in [0.3, 0.4) is 0 Å². The Balaban J connectivity index is 2.23. The molecule has 0 unspecified atom stereocenters. The second-order valence-corrected chi connectivity index (χ2v) is 6.55. The van der Waals surface area contributed by atoms with Crippen LogP contribution in [-0.2, 0) is 10.0 Å². The molecule has 0 bridgehead atoms. The minimum Gasteiger partial charge on any atom is -0.443 e. The number of sulfonamides is 1. The molecule has 2 aromatic carbocycles. The zero-order valence-corrected chi connectivity index (χ0v) is 12.8. The monoisotopic (exact) mass is 334 g/mol. The molecule has 0 aliphatic rings. The lowest BCUT2D eigenvalue weighted by atomic mass is 10.1. The summed E-state index contributed by atoms with van der Waals surface area (Å²) >= 11 is 5.99. The lowest BCUT2D eigenvalue weighted by Gasteiger charge is -2.07. The molecule has 0 atom stereocenters. The van der Waals surface area contributed by atoms with E-state index in [4.69, 9.17) is 21.2 Å². The molecule has 0 spiro atoms. The molecular formula is C15H11ClN2O3S. The molecule has 3 aromatic rings. The maximum atomic E-state index is 11.7. The highest BCUT2D eigenvalue weighted by molar-refractivity contribution is 7.89. The summed E-state index contributed by atoms with van der Waals surface area (Å²) in [6.07, 6.45) is 1.26. The lowest BCUT2D eigenvalue weighted by molar-refractivity contribution is 0.569. The standard InChI is InChI=1S/C15H11ClN2O3S/c16-11-5-3-4-10(8-11)14-15(21-9-18-14)12-6-1-2-7-13(12)22(17,19)20/h1-9H,(H2,17,19,20). The molecule has 5 nitrogen and oxygen atoms in total. The van der Waals surface area contributed by atoms with Crippen molar-refractivity contribution in [3.63, 3.8) is 0 Å². The van der Waals surface area contributed by atoms with E-state index < -0.39 is 10.0 Å². The van der Waals surface area contributed by atoms with E-state index in [2.05, 4.69) is 4.98 Å². The first kappa shape index (κ1) is 14.8. The van der Waals surface area contributed by atoms with Crippen LogP contribution in [0.15, 0.2) is 64.2 Å². The van der Waals surface area contributed by atoms with Crippen LogP contribution in [-0.4, -0.2) is 13.4 Å². The third-order valence-electron chi connectivity index (χ3n) is 3.10. The molecule has 22 heavy (non-hydrogen) atoms. The summed E-state index contributed by atoms with van der Waals surface area (Å²) in [6, 6.07) is 13.4. The van der Waals surface area contributed by atoms with Gasteiger partial charge in [0.05, 0.1) is 4.90 Å². The van der Waals surface area contributed by atoms with Gasteiger partial charge in [-0.25, -0.2) is 18.5 Å². The number of rotatable bonds is 3. The second kappa shape index (κ2) is 5.57. The van der Waals surface area contributed by atoms with Gasteiger partial charge in [0.25, 0.3) is 0 Å². The number of halogens is 1. The third-order valence-corrected chi connectivity index (χ3v) is 4.31. The summed E-state index contributed by atoms with van der Waals surface area (Å²) in [5, 5.41) is 5.81. The first-order chi connectivity index (χ1) is 10.5. The normalized spacial score (nSPS) is 11.5. The van der Waals surface area contributed by atoms with Crippen molar-refractivity contribution < 1.29 is 12.8 Å². The quantitative estimate of drug-likeness (QED) is 0.796. The number of hydrogen-bond donors (Lipinski definition) is 1. The van der Waals surface area contributed by atoms with Gasteiger partial charge < -0.3 is 4.42 Å². The molecule has 0 saturated carbocycles. The Morgan fingerprint density at radius 1 is 1.09 bits per heavy atom. The molecule has 2 N–H and O–H groups in total. The molecule has 1 aromatic heterocycles. The van der Waals surface area contributed by atoms with Crippen molar-refractivity contribution in [1.82, 2.24) is 4.98 Å². The van der Waals surface area contributed by atoms with Crippen LogP contribution in [0.2, 0.25) is 5.02 Å². The summed E-state index contributed by atoms with van der Waals surface area (Å²) in [5.41, 5.74) is 1.58. The van der Waals surface area contributed by atoms with E-state index in [0.29, 0.717) is 22.0 Å². The zero-order valence-electron chi connectivity index (χ0n) is 11.2. The van der Waals surface area contributed by atoms with Crippen LogP contribution in [0.5, 0.6) is 0 Å². The molecule has 0 fully saturated rings. The predicted octanol–water partition coefficient (Wildman–Crippen LogP) is 3.31. The van der Waals surface area contributed by atoms with Gasteiger partial charge in [0.15, 0.2) is 12.2 Å². The summed E-state index contributed by atoms with van der Waals surface area (Å²) < 4.78 is 28.9. The average Bonchev–Trinajstić information content (AvgIpc) is 2.95. The van der Waals surface area contributed by atoms with E-state index in [1.54, 1.807) is 36.4 Å². The number of nitrogens with two attached hydrogens (primary N) is 1. The minimum atomic E-state index is -3.88. The second-order valence-electron chi connectivity index (χ2n) is 4.58. The van der Waals surface area contributed by atoms with Crippen LogP contribution in [0.25, 0.3) is 22.6 Å². The van der Waals surface area contributed by atoms with Crippen LogP contribution in [0, 0.1) is 0 Å². The fraction of sp³-hybridized carbons (Fsp3) is 0. The Hall–Kier alpha value is -2.15. The molecule has 0 aliphatic heterocycles. The van der Waals surface area contributed by atoms with Crippen molar-refractivity contribution in [3.05, 3.63) is 59.9 Å². The summed E-state index contributed by atoms with van der Waals surface area (Å²) in [4.78, 5) is 4.15. The van der Waals surface area contributed by atoms with Gasteiger partial charge in [-0.1, -0.05) is 35.9 Å². The van der Waals surface area contributed by atoms with Gasteiger partial charge >= 0.3 is 0 Å². The van der Waals surface area contributed by atoms with E-state index in [1.165, 1.54) is 12.5 Å². The smallest absolute Gasteiger partial charge is 0.238 e. The van der Waals surface area contributed by atoms with Gasteiger partial charge in [0.1, 0.15) is 5.69 Å². The molecule has 1 heterocycles. The summed E-state index contributed by atoms with van der Waals surface area (Å²) in [6.45, 7) is 0. The highest BCUT2D eigenvalue weighted by Crippen LogP contribution is 2.35. The molecule has 0 radical (unpaired) electrons. The van der Waals surface area contributed by atoms with Crippen molar-refractivity contribution in [2.75, 3.05) is 0 Å². The third kappa shape index (κ3) is 2.76. The number of benzene rings is 2. The van der Waals surface area contributed by atoms with Gasteiger partial charge in [-0.15, -0.1) is 0 Å². The molecule has 0 aliphatic carbocycles. The van der Waals surface area contributed by atoms with Gasteiger partial charge in [-0.05, 0) is 24.3 Å². The molecule has 112 valence electrons. The highest BCUT2D eigenvalue weighted by Gasteiger charge is 2.21. The largest absolute Gasteiger partial charge is 0.443 e. The van der Waals surface area contributed by atoms with Gasteiger partial charge in [0.2, 0.25) is 10.0 Å². The molecule has 0 saturated heterocycles. The fourth-order valence-electron chi connectivity index (χ4n) is 2.18. The Bertz CT molecular complexity index is 935. The van der Waals surface area contributed by atoms with Crippen LogP contribution < -0.4 is 5.14 Å². The Labute approximate surface area is 132 Å². The summed E-state index contributed by atoms with van der Waals surface area (Å²) in [5.74, 6) is 0.326. The molecular weight excluding hydrogens is 324 g/mol. The van der Waals surface area contributed by atoms with E-state index in [0.717, 1.165) is 5.56 Å². The number of nitrogens with zero attached hydrogens (tertiary/aromatic N) is 1. The molecule has 7 heteroatoms. The SMILES string of the molecule is NS(=O)(=O)c1ccccc1-c1ocnc1-c1cccc(Cl)c1. The van der Waals surface area contributed by atoms with Crippen LogP contribution in [0.1, 0.15) is 0 Å². The number of aromatic nitrogens is 1. The van der Waals surface area contributed by atoms with Crippen LogP contribution >= 0.6 is 11.6 Å². The zero-order chi connectivity index (χ0) is 15.7. The number of oxazole rings is 1. The highest BCUT2D eigenvalue weighted by atomic mass is 35.5. The Kier molecular flexibility index (Phi) is 3.74. The minimum absolute atomic E-state index is 0.0185. The lowest BCUT2D eigenvalue weighted by Crippen LogP contribution is -2.13. The molecule has 0 amide bonds. The Morgan fingerprint density at radius 3 is 2.59 bits per heavy atom. The number of primary sulfonamides is 1. The average molecular weight is 335 g/mol. The van der Waals surface area contributed by atoms with Crippen LogP contribution in [0.4, 0.5) is 0 Å². The number of hydrogen-bond acceptors (Lipinski definition) is 4. The first-order valence-corrected chi connectivity index (χ1v) is 8.21. The Morgan fingerprint density at radius 2 is 1.86 bits per heavy atom. The van der Waals surface area contributed by atoms with Gasteiger partial charge in [-0.2, -0.15) is 0 Å². The fourth-order valence-corrected chi connectivity index (χ4v) is 3.11. The van der Waals surface area contributed by atoms with E-state index in [9.17, 15) is 8.42 Å². The van der Waals surface area contributed by atoms with E-state index in [-0.39, 0.29) is 4.90 Å². The maximum absolute atomic E-state index is 11.7. The summed E-state index contributed by atoms with van der Waals surface area (Å²) in [7, 11) is -3.88. The first-order valence-electron chi connectivity index (χ1n) is 6.28. The van der Waals surface area contributed by atoms with Gasteiger partial charge in [0, 0.05) is 16.1 Å². The topological polar surface area (TPSA) is 86.2 Å². The van der Waals surface area contributed by atoms with E-state index in [1.807, 2.05) is 6.07 Å². The predicted molar refractivity (Wildman–Crippen MR) is 83.8 cm³/mol. The van der Waals surface area contributed by atoms with E-state index >= 15 is 0 Å². The van der Waals surface area contributed by atoms with Crippen molar-refractivity contribution in [2.24, 2.45) is 5.14 Å². The molecule has 3 rings (SSSR count). The van der Waals surface area contributed by atoms with Crippen molar-refractivity contribution >= 4 is 21.6 Å². The van der Waals surface area contributed by atoms with Crippen molar-refractivity contribution in [2.45, 2.75) is 4.90 Å². The van der Waals surface area contributed by atoms with Crippen molar-refractivity contribution in [3.8, 4) is 22.6 Å². The maximum Gasteiger partial charge on any atom is 0.238 e. The van der Waals surface area contributed by atoms with Gasteiger partial charge in [-0.3, -0.25) is 0 Å². The van der Waals surface area contributed by atoms with Crippen molar-refractivity contribution in [1.29, 1.82) is 0 Å².